The molecule has 28 heavy (non-hydrogen) atoms. The fraction of sp³-hybridized carbons (Fsp3) is 0.450. The number of amides is 1. The number of guanidine groups is 1. The lowest BCUT2D eigenvalue weighted by molar-refractivity contribution is 0.0963. The van der Waals surface area contributed by atoms with Crippen molar-refractivity contribution in [3.8, 4) is 0 Å². The van der Waals surface area contributed by atoms with Crippen molar-refractivity contribution in [2.75, 3.05) is 39.8 Å². The van der Waals surface area contributed by atoms with E-state index in [1.807, 2.05) is 30.3 Å². The van der Waals surface area contributed by atoms with Gasteiger partial charge < -0.3 is 20.1 Å². The minimum absolute atomic E-state index is 0.0824. The molecular formula is C20H28N6O2. The highest BCUT2D eigenvalue weighted by Gasteiger charge is 2.20. The van der Waals surface area contributed by atoms with Crippen LogP contribution >= 0.6 is 0 Å². The largest absolute Gasteiger partial charge is 0.364 e. The first kappa shape index (κ1) is 19.9. The van der Waals surface area contributed by atoms with Gasteiger partial charge in [-0.3, -0.25) is 9.69 Å². The summed E-state index contributed by atoms with van der Waals surface area (Å²) >= 11 is 0. The third-order valence-electron chi connectivity index (χ3n) is 4.71. The van der Waals surface area contributed by atoms with Crippen LogP contribution in [-0.2, 0) is 13.1 Å². The summed E-state index contributed by atoms with van der Waals surface area (Å²) in [4.78, 5) is 21.3. The summed E-state index contributed by atoms with van der Waals surface area (Å²) < 4.78 is 4.91. The number of aliphatic imine (C=N–C) groups is 1. The van der Waals surface area contributed by atoms with E-state index in [4.69, 9.17) is 9.52 Å². The Hall–Kier alpha value is -2.87. The molecule has 1 saturated heterocycles. The van der Waals surface area contributed by atoms with Crippen LogP contribution in [0.3, 0.4) is 0 Å². The molecule has 1 aliphatic heterocycles. The first-order valence-corrected chi connectivity index (χ1v) is 9.65. The molecule has 2 aromatic rings. The van der Waals surface area contributed by atoms with E-state index >= 15 is 0 Å². The minimum atomic E-state index is -0.0824. The lowest BCUT2D eigenvalue weighted by Gasteiger charge is -2.36. The Labute approximate surface area is 165 Å². The van der Waals surface area contributed by atoms with Gasteiger partial charge >= 0.3 is 0 Å². The second kappa shape index (κ2) is 9.89. The van der Waals surface area contributed by atoms with Gasteiger partial charge in [-0.15, -0.1) is 0 Å². The van der Waals surface area contributed by atoms with Crippen molar-refractivity contribution >= 4 is 11.9 Å². The number of nitrogens with one attached hydrogen (secondary N) is 2. The molecule has 0 radical (unpaired) electrons. The van der Waals surface area contributed by atoms with Crippen molar-refractivity contribution in [1.82, 2.24) is 25.6 Å². The van der Waals surface area contributed by atoms with Crippen LogP contribution in [0.4, 0.5) is 0 Å². The molecule has 1 aromatic carbocycles. The molecule has 2 heterocycles. The highest BCUT2D eigenvalue weighted by molar-refractivity contribution is 5.94. The Bertz CT molecular complexity index is 782. The summed E-state index contributed by atoms with van der Waals surface area (Å²) in [6.45, 7) is 7.94. The quantitative estimate of drug-likeness (QED) is 0.577. The summed E-state index contributed by atoms with van der Waals surface area (Å²) in [5.41, 5.74) is 2.63. The predicted octanol–water partition coefficient (Wildman–Crippen LogP) is 1.32. The number of piperazine rings is 1. The van der Waals surface area contributed by atoms with Crippen LogP contribution in [0, 0.1) is 0 Å². The third-order valence-corrected chi connectivity index (χ3v) is 4.71. The van der Waals surface area contributed by atoms with Crippen molar-refractivity contribution in [3.05, 3.63) is 53.4 Å². The molecule has 2 N–H and O–H groups in total. The van der Waals surface area contributed by atoms with Crippen LogP contribution in [0.1, 0.15) is 28.5 Å². The molecule has 150 valence electrons. The number of carbonyl (C=O) groups excluding carboxylic acids is 1. The van der Waals surface area contributed by atoms with Gasteiger partial charge in [-0.05, 0) is 24.6 Å². The average molecular weight is 384 g/mol. The van der Waals surface area contributed by atoms with Crippen molar-refractivity contribution in [1.29, 1.82) is 0 Å². The van der Waals surface area contributed by atoms with Crippen molar-refractivity contribution < 1.29 is 9.32 Å². The molecule has 1 amide bonds. The summed E-state index contributed by atoms with van der Waals surface area (Å²) in [7, 11) is 1.64. The molecule has 0 aliphatic carbocycles. The Balaban J connectivity index is 1.59. The van der Waals surface area contributed by atoms with E-state index in [9.17, 15) is 4.79 Å². The molecule has 0 atom stereocenters. The van der Waals surface area contributed by atoms with Gasteiger partial charge in [-0.25, -0.2) is 4.99 Å². The van der Waals surface area contributed by atoms with Crippen molar-refractivity contribution in [2.45, 2.75) is 20.0 Å². The zero-order chi connectivity index (χ0) is 19.8. The molecule has 8 nitrogen and oxygen atoms in total. The Morgan fingerprint density at radius 2 is 2.07 bits per heavy atom. The van der Waals surface area contributed by atoms with Crippen LogP contribution in [0.2, 0.25) is 0 Å². The van der Waals surface area contributed by atoms with Crippen LogP contribution in [0.5, 0.6) is 0 Å². The number of nitrogens with zero attached hydrogens (tertiary/aromatic N) is 4. The van der Waals surface area contributed by atoms with Gasteiger partial charge in [0.2, 0.25) is 0 Å². The van der Waals surface area contributed by atoms with Crippen LogP contribution in [-0.4, -0.2) is 66.6 Å². The maximum Gasteiger partial charge on any atom is 0.251 e. The first-order chi connectivity index (χ1) is 13.7. The number of aromatic nitrogens is 1. The molecular weight excluding hydrogens is 356 g/mol. The number of benzene rings is 1. The van der Waals surface area contributed by atoms with Crippen LogP contribution < -0.4 is 10.6 Å². The topological polar surface area (TPSA) is 86.0 Å². The van der Waals surface area contributed by atoms with E-state index in [2.05, 4.69) is 32.5 Å². The van der Waals surface area contributed by atoms with Crippen LogP contribution in [0.15, 0.2) is 46.1 Å². The Morgan fingerprint density at radius 3 is 2.75 bits per heavy atom. The van der Waals surface area contributed by atoms with E-state index in [1.54, 1.807) is 13.3 Å². The van der Waals surface area contributed by atoms with E-state index in [0.29, 0.717) is 12.1 Å². The van der Waals surface area contributed by atoms with E-state index in [0.717, 1.165) is 56.5 Å². The molecule has 1 fully saturated rings. The number of carbonyl (C=O) groups is 1. The molecule has 3 rings (SSSR count). The summed E-state index contributed by atoms with van der Waals surface area (Å²) in [6, 6.07) is 9.50. The molecule has 0 unspecified atom stereocenters. The van der Waals surface area contributed by atoms with E-state index < -0.39 is 0 Å². The van der Waals surface area contributed by atoms with Gasteiger partial charge in [0.1, 0.15) is 6.26 Å². The predicted molar refractivity (Wildman–Crippen MR) is 108 cm³/mol. The fourth-order valence-electron chi connectivity index (χ4n) is 3.21. The summed E-state index contributed by atoms with van der Waals surface area (Å²) in [5, 5.41) is 10.0. The summed E-state index contributed by atoms with van der Waals surface area (Å²) in [5.74, 6) is 0.829. The number of hydrogen-bond donors (Lipinski definition) is 2. The molecule has 1 aliphatic rings. The number of hydrogen-bond acceptors (Lipinski definition) is 5. The second-order valence-corrected chi connectivity index (χ2v) is 6.70. The van der Waals surface area contributed by atoms with Gasteiger partial charge in [0.15, 0.2) is 5.96 Å². The van der Waals surface area contributed by atoms with Gasteiger partial charge in [0.25, 0.3) is 5.91 Å². The fourth-order valence-corrected chi connectivity index (χ4v) is 3.21. The van der Waals surface area contributed by atoms with Crippen molar-refractivity contribution in [3.63, 3.8) is 0 Å². The first-order valence-electron chi connectivity index (χ1n) is 9.65. The van der Waals surface area contributed by atoms with E-state index in [-0.39, 0.29) is 5.91 Å². The second-order valence-electron chi connectivity index (χ2n) is 6.70. The van der Waals surface area contributed by atoms with Crippen molar-refractivity contribution in [2.24, 2.45) is 4.99 Å². The highest BCUT2D eigenvalue weighted by Crippen LogP contribution is 2.10. The zero-order valence-corrected chi connectivity index (χ0v) is 16.5. The number of rotatable bonds is 6. The Kier molecular flexibility index (Phi) is 7.02. The lowest BCUT2D eigenvalue weighted by atomic mass is 10.1. The summed E-state index contributed by atoms with van der Waals surface area (Å²) in [6.07, 6.45) is 1.61. The maximum atomic E-state index is 11.8. The molecule has 0 spiro atoms. The van der Waals surface area contributed by atoms with Gasteiger partial charge in [0.05, 0.1) is 12.2 Å². The Morgan fingerprint density at radius 1 is 1.25 bits per heavy atom. The molecule has 0 bridgehead atoms. The van der Waals surface area contributed by atoms with E-state index in [1.165, 1.54) is 0 Å². The standard InChI is InChI=1S/C20H28N6O2/c1-3-22-20(23-14-16-5-4-6-17(13-16)19(27)21-2)26-10-8-25(9-11-26)15-18-7-12-28-24-18/h4-7,12-13H,3,8-11,14-15H2,1-2H3,(H,21,27)(H,22,23). The lowest BCUT2D eigenvalue weighted by Crippen LogP contribution is -2.52. The molecule has 1 aromatic heterocycles. The van der Waals surface area contributed by atoms with Gasteiger partial charge in [0, 0.05) is 57.9 Å². The molecule has 0 saturated carbocycles. The monoisotopic (exact) mass is 384 g/mol. The average Bonchev–Trinajstić information content (AvgIpc) is 3.24. The normalized spacial score (nSPS) is 15.5. The highest BCUT2D eigenvalue weighted by atomic mass is 16.5. The van der Waals surface area contributed by atoms with Crippen LogP contribution in [0.25, 0.3) is 0 Å². The molecule has 8 heteroatoms. The SMILES string of the molecule is CCNC(=NCc1cccc(C(=O)NC)c1)N1CCN(Cc2ccon2)CC1. The maximum absolute atomic E-state index is 11.8. The smallest absolute Gasteiger partial charge is 0.251 e. The third kappa shape index (κ3) is 5.32. The zero-order valence-electron chi connectivity index (χ0n) is 16.5. The van der Waals surface area contributed by atoms with Gasteiger partial charge in [-0.2, -0.15) is 0 Å². The van der Waals surface area contributed by atoms with Gasteiger partial charge in [-0.1, -0.05) is 17.3 Å². The minimum Gasteiger partial charge on any atom is -0.364 e.